The predicted molar refractivity (Wildman–Crippen MR) is 91.4 cm³/mol. The number of amides is 1. The summed E-state index contributed by atoms with van der Waals surface area (Å²) in [6, 6.07) is 8.32. The molecule has 1 aliphatic rings. The number of benzene rings is 1. The van der Waals surface area contributed by atoms with E-state index >= 15 is 0 Å². The van der Waals surface area contributed by atoms with Crippen LogP contribution in [0.15, 0.2) is 24.3 Å². The third kappa shape index (κ3) is 5.22. The van der Waals surface area contributed by atoms with Gasteiger partial charge in [-0.05, 0) is 50.3 Å². The Balaban J connectivity index is 1.82. The number of ether oxygens (including phenoxy) is 1. The second-order valence-corrected chi connectivity index (χ2v) is 6.09. The van der Waals surface area contributed by atoms with Gasteiger partial charge in [-0.1, -0.05) is 12.1 Å². The number of nitrogens with one attached hydrogen (secondary N) is 1. The van der Waals surface area contributed by atoms with Crippen LogP contribution in [0, 0.1) is 5.92 Å². The number of aliphatic hydroxyl groups is 1. The van der Waals surface area contributed by atoms with Crippen molar-refractivity contribution in [3.8, 4) is 0 Å². The van der Waals surface area contributed by atoms with Gasteiger partial charge in [-0.15, -0.1) is 0 Å². The molecular formula is C18H28N2O3. The van der Waals surface area contributed by atoms with Gasteiger partial charge in [0.2, 0.25) is 5.91 Å². The first-order chi connectivity index (χ1) is 11.1. The van der Waals surface area contributed by atoms with Crippen molar-refractivity contribution in [3.05, 3.63) is 29.8 Å². The molecule has 5 nitrogen and oxygen atoms in total. The first-order valence-corrected chi connectivity index (χ1v) is 8.48. The van der Waals surface area contributed by atoms with Gasteiger partial charge >= 0.3 is 0 Å². The van der Waals surface area contributed by atoms with Crippen LogP contribution in [0.1, 0.15) is 32.3 Å². The SMILES string of the molecule is CCOC(C)C(=O)NCc1ccc(N2CCC(CO)CC2)cc1. The Kier molecular flexibility index (Phi) is 6.86. The molecule has 0 bridgehead atoms. The lowest BCUT2D eigenvalue weighted by Crippen LogP contribution is -2.35. The van der Waals surface area contributed by atoms with Crippen molar-refractivity contribution >= 4 is 11.6 Å². The van der Waals surface area contributed by atoms with Gasteiger partial charge < -0.3 is 20.1 Å². The van der Waals surface area contributed by atoms with Crippen molar-refractivity contribution < 1.29 is 14.6 Å². The van der Waals surface area contributed by atoms with Crippen LogP contribution in [-0.4, -0.2) is 43.4 Å². The molecule has 1 saturated heterocycles. The third-order valence-corrected chi connectivity index (χ3v) is 4.43. The van der Waals surface area contributed by atoms with Crippen LogP contribution in [0.2, 0.25) is 0 Å². The monoisotopic (exact) mass is 320 g/mol. The topological polar surface area (TPSA) is 61.8 Å². The lowest BCUT2D eigenvalue weighted by Gasteiger charge is -2.33. The molecule has 0 spiro atoms. The molecule has 1 amide bonds. The van der Waals surface area contributed by atoms with Crippen LogP contribution in [0.25, 0.3) is 0 Å². The van der Waals surface area contributed by atoms with E-state index in [-0.39, 0.29) is 5.91 Å². The first-order valence-electron chi connectivity index (χ1n) is 8.48. The highest BCUT2D eigenvalue weighted by Crippen LogP contribution is 2.23. The van der Waals surface area contributed by atoms with E-state index < -0.39 is 6.10 Å². The maximum atomic E-state index is 11.8. The molecule has 2 rings (SSSR count). The van der Waals surface area contributed by atoms with E-state index in [2.05, 4.69) is 34.5 Å². The van der Waals surface area contributed by atoms with E-state index in [1.54, 1.807) is 6.92 Å². The fraction of sp³-hybridized carbons (Fsp3) is 0.611. The molecule has 2 N–H and O–H groups in total. The summed E-state index contributed by atoms with van der Waals surface area (Å²) in [5.74, 6) is 0.370. The van der Waals surface area contributed by atoms with Crippen LogP contribution in [0.5, 0.6) is 0 Å². The van der Waals surface area contributed by atoms with Gasteiger partial charge in [0.05, 0.1) is 0 Å². The zero-order valence-electron chi connectivity index (χ0n) is 14.1. The molecule has 1 atom stereocenters. The largest absolute Gasteiger partial charge is 0.396 e. The Hall–Kier alpha value is -1.59. The number of hydrogen-bond donors (Lipinski definition) is 2. The molecule has 1 aromatic rings. The zero-order chi connectivity index (χ0) is 16.7. The highest BCUT2D eigenvalue weighted by molar-refractivity contribution is 5.80. The van der Waals surface area contributed by atoms with Crippen LogP contribution in [0.4, 0.5) is 5.69 Å². The second-order valence-electron chi connectivity index (χ2n) is 6.09. The number of carbonyl (C=O) groups excluding carboxylic acids is 1. The van der Waals surface area contributed by atoms with E-state index in [0.29, 0.717) is 25.7 Å². The summed E-state index contributed by atoms with van der Waals surface area (Å²) < 4.78 is 5.27. The molecular weight excluding hydrogens is 292 g/mol. The summed E-state index contributed by atoms with van der Waals surface area (Å²) in [6.07, 6.45) is 1.68. The molecule has 1 aromatic carbocycles. The Morgan fingerprint density at radius 1 is 1.35 bits per heavy atom. The van der Waals surface area contributed by atoms with Gasteiger partial charge in [-0.3, -0.25) is 4.79 Å². The minimum atomic E-state index is -0.410. The standard InChI is InChI=1S/C18H28N2O3/c1-3-23-14(2)18(22)19-12-15-4-6-17(7-5-15)20-10-8-16(13-21)9-11-20/h4-7,14,16,21H,3,8-13H2,1-2H3,(H,19,22). The van der Waals surface area contributed by atoms with Crippen molar-refractivity contribution in [1.29, 1.82) is 0 Å². The van der Waals surface area contributed by atoms with E-state index in [1.165, 1.54) is 5.69 Å². The Bertz CT molecular complexity index is 482. The molecule has 0 saturated carbocycles. The Morgan fingerprint density at radius 2 is 2.00 bits per heavy atom. The summed E-state index contributed by atoms with van der Waals surface area (Å²) >= 11 is 0. The van der Waals surface area contributed by atoms with Gasteiger partial charge in [0, 0.05) is 38.5 Å². The fourth-order valence-electron chi connectivity index (χ4n) is 2.86. The summed E-state index contributed by atoms with van der Waals surface area (Å²) in [5.41, 5.74) is 2.29. The summed E-state index contributed by atoms with van der Waals surface area (Å²) in [6.45, 7) is 6.98. The van der Waals surface area contributed by atoms with Gasteiger partial charge in [0.15, 0.2) is 0 Å². The number of aliphatic hydroxyl groups excluding tert-OH is 1. The second kappa shape index (κ2) is 8.89. The molecule has 1 aliphatic heterocycles. The molecule has 23 heavy (non-hydrogen) atoms. The smallest absolute Gasteiger partial charge is 0.249 e. The Labute approximate surface area is 138 Å². The molecule has 1 fully saturated rings. The molecule has 0 aromatic heterocycles. The fourth-order valence-corrected chi connectivity index (χ4v) is 2.86. The van der Waals surface area contributed by atoms with Gasteiger partial charge in [-0.25, -0.2) is 0 Å². The lowest BCUT2D eigenvalue weighted by atomic mass is 9.97. The van der Waals surface area contributed by atoms with Crippen LogP contribution < -0.4 is 10.2 Å². The van der Waals surface area contributed by atoms with Crippen LogP contribution >= 0.6 is 0 Å². The maximum absolute atomic E-state index is 11.8. The zero-order valence-corrected chi connectivity index (χ0v) is 14.1. The van der Waals surface area contributed by atoms with E-state index in [4.69, 9.17) is 4.74 Å². The maximum Gasteiger partial charge on any atom is 0.249 e. The van der Waals surface area contributed by atoms with Crippen LogP contribution in [0.3, 0.4) is 0 Å². The van der Waals surface area contributed by atoms with Gasteiger partial charge in [-0.2, -0.15) is 0 Å². The number of piperidine rings is 1. The molecule has 128 valence electrons. The van der Waals surface area contributed by atoms with Crippen molar-refractivity contribution in [2.45, 2.75) is 39.3 Å². The summed E-state index contributed by atoms with van der Waals surface area (Å²) in [4.78, 5) is 14.2. The Morgan fingerprint density at radius 3 is 2.57 bits per heavy atom. The van der Waals surface area contributed by atoms with Gasteiger partial charge in [0.1, 0.15) is 6.10 Å². The van der Waals surface area contributed by atoms with Crippen molar-refractivity contribution in [2.24, 2.45) is 5.92 Å². The minimum absolute atomic E-state index is 0.0815. The first kappa shape index (κ1) is 17.8. The number of anilines is 1. The highest BCUT2D eigenvalue weighted by atomic mass is 16.5. The highest BCUT2D eigenvalue weighted by Gasteiger charge is 2.18. The van der Waals surface area contributed by atoms with Gasteiger partial charge in [0.25, 0.3) is 0 Å². The van der Waals surface area contributed by atoms with Crippen molar-refractivity contribution in [1.82, 2.24) is 5.32 Å². The summed E-state index contributed by atoms with van der Waals surface area (Å²) in [5, 5.41) is 12.1. The number of hydrogen-bond acceptors (Lipinski definition) is 4. The number of nitrogens with zero attached hydrogens (tertiary/aromatic N) is 1. The van der Waals surface area contributed by atoms with E-state index in [0.717, 1.165) is 31.5 Å². The van der Waals surface area contributed by atoms with E-state index in [9.17, 15) is 9.90 Å². The van der Waals surface area contributed by atoms with Crippen molar-refractivity contribution in [3.63, 3.8) is 0 Å². The van der Waals surface area contributed by atoms with E-state index in [1.807, 2.05) is 6.92 Å². The average Bonchev–Trinajstić information content (AvgIpc) is 2.60. The molecule has 1 heterocycles. The van der Waals surface area contributed by atoms with Crippen molar-refractivity contribution in [2.75, 3.05) is 31.2 Å². The average molecular weight is 320 g/mol. The lowest BCUT2D eigenvalue weighted by molar-refractivity contribution is -0.131. The molecule has 1 unspecified atom stereocenters. The summed E-state index contributed by atoms with van der Waals surface area (Å²) in [7, 11) is 0. The minimum Gasteiger partial charge on any atom is -0.396 e. The van der Waals surface area contributed by atoms with Crippen LogP contribution in [-0.2, 0) is 16.1 Å². The predicted octanol–water partition coefficient (Wildman–Crippen LogP) is 1.94. The molecule has 0 radical (unpaired) electrons. The normalized spacial score (nSPS) is 17.1. The third-order valence-electron chi connectivity index (χ3n) is 4.43. The number of carbonyl (C=O) groups is 1. The molecule has 0 aliphatic carbocycles. The quantitative estimate of drug-likeness (QED) is 0.806. The number of rotatable bonds is 7. The molecule has 5 heteroatoms.